The summed E-state index contributed by atoms with van der Waals surface area (Å²) in [6.45, 7) is 7.62. The van der Waals surface area contributed by atoms with E-state index >= 15 is 0 Å². The van der Waals surface area contributed by atoms with Crippen LogP contribution in [-0.2, 0) is 9.53 Å². The summed E-state index contributed by atoms with van der Waals surface area (Å²) >= 11 is 8.77. The molecule has 0 unspecified atom stereocenters. The van der Waals surface area contributed by atoms with Crippen LogP contribution in [0.25, 0.3) is 11.8 Å². The minimum atomic E-state index is -0.605. The molecule has 4 aromatic rings. The molecule has 1 aromatic carbocycles. The van der Waals surface area contributed by atoms with Crippen molar-refractivity contribution in [1.82, 2.24) is 9.13 Å². The zero-order chi connectivity index (χ0) is 26.4. The molecule has 37 heavy (non-hydrogen) atoms. The zero-order valence-corrected chi connectivity index (χ0v) is 22.9. The monoisotopic (exact) mass is 555 g/mol. The number of hydrogen-bond donors (Lipinski definition) is 0. The molecule has 0 bridgehead atoms. The molecule has 0 saturated carbocycles. The summed E-state index contributed by atoms with van der Waals surface area (Å²) < 4.78 is 23.1. The van der Waals surface area contributed by atoms with Gasteiger partial charge in [-0.2, -0.15) is 0 Å². The summed E-state index contributed by atoms with van der Waals surface area (Å²) in [5.41, 5.74) is 4.05. The first kappa shape index (κ1) is 25.4. The molecule has 0 saturated heterocycles. The van der Waals surface area contributed by atoms with Gasteiger partial charge in [0.15, 0.2) is 4.80 Å². The Hall–Kier alpha value is -3.27. The molecule has 5 rings (SSSR count). The van der Waals surface area contributed by atoms with Crippen molar-refractivity contribution in [2.45, 2.75) is 33.7 Å². The lowest BCUT2D eigenvalue weighted by Gasteiger charge is -2.23. The van der Waals surface area contributed by atoms with Gasteiger partial charge in [0.2, 0.25) is 0 Å². The normalized spacial score (nSPS) is 15.6. The number of allylic oxidation sites excluding steroid dienone is 1. The maximum Gasteiger partial charge on any atom is 0.338 e. The third-order valence-corrected chi connectivity index (χ3v) is 8.45. The van der Waals surface area contributed by atoms with Crippen molar-refractivity contribution in [3.05, 3.63) is 105 Å². The molecular formula is C27H23ClFN3O3S2. The Kier molecular flexibility index (Phi) is 6.78. The smallest absolute Gasteiger partial charge is 0.338 e. The number of thiazole rings is 1. The standard InChI is InChI=1S/C27H23ClFN3O3S2/c1-5-35-26(34)23-15(3)30-27-32(24(23)21-7-6-10-36-21)25(33)22(37-27)12-17-11-14(2)31(16(17)4)18-8-9-20(29)19(28)13-18/h6-13,24H,5H2,1-4H3/b22-12+/t24-/m0/s1. The Labute approximate surface area is 225 Å². The summed E-state index contributed by atoms with van der Waals surface area (Å²) in [5, 5.41) is 1.96. The number of ether oxygens (including phenoxy) is 1. The number of esters is 1. The molecule has 0 radical (unpaired) electrons. The molecule has 0 spiro atoms. The summed E-state index contributed by atoms with van der Waals surface area (Å²) in [5.74, 6) is -0.954. The average Bonchev–Trinajstić information content (AvgIpc) is 3.55. The van der Waals surface area contributed by atoms with Gasteiger partial charge < -0.3 is 9.30 Å². The van der Waals surface area contributed by atoms with E-state index in [-0.39, 0.29) is 17.2 Å². The second kappa shape index (κ2) is 9.89. The van der Waals surface area contributed by atoms with E-state index < -0.39 is 17.8 Å². The first-order valence-corrected chi connectivity index (χ1v) is 13.7. The van der Waals surface area contributed by atoms with Crippen LogP contribution in [0.5, 0.6) is 0 Å². The summed E-state index contributed by atoms with van der Waals surface area (Å²) in [4.78, 5) is 32.7. The fraction of sp³-hybridized carbons (Fsp3) is 0.222. The van der Waals surface area contributed by atoms with Gasteiger partial charge in [-0.15, -0.1) is 11.3 Å². The van der Waals surface area contributed by atoms with E-state index in [1.165, 1.54) is 28.7 Å². The van der Waals surface area contributed by atoms with Crippen LogP contribution in [0.2, 0.25) is 5.02 Å². The summed E-state index contributed by atoms with van der Waals surface area (Å²) in [6, 6.07) is 9.75. The molecule has 1 aliphatic heterocycles. The molecule has 1 atom stereocenters. The Balaban J connectivity index is 1.67. The average molecular weight is 556 g/mol. The lowest BCUT2D eigenvalue weighted by Crippen LogP contribution is -2.39. The Morgan fingerprint density at radius 2 is 2.03 bits per heavy atom. The van der Waals surface area contributed by atoms with Crippen molar-refractivity contribution in [1.29, 1.82) is 0 Å². The largest absolute Gasteiger partial charge is 0.463 e. The van der Waals surface area contributed by atoms with Gasteiger partial charge in [-0.3, -0.25) is 9.36 Å². The van der Waals surface area contributed by atoms with Crippen LogP contribution in [-0.4, -0.2) is 21.7 Å². The highest BCUT2D eigenvalue weighted by molar-refractivity contribution is 7.10. The predicted octanol–water partition coefficient (Wildman–Crippen LogP) is 5.06. The molecule has 190 valence electrons. The number of aromatic nitrogens is 2. The Morgan fingerprint density at radius 3 is 2.70 bits per heavy atom. The molecule has 0 aliphatic carbocycles. The number of rotatable bonds is 5. The van der Waals surface area contributed by atoms with Crippen LogP contribution >= 0.6 is 34.3 Å². The van der Waals surface area contributed by atoms with Crippen molar-refractivity contribution in [2.75, 3.05) is 6.61 Å². The van der Waals surface area contributed by atoms with Gasteiger partial charge in [-0.1, -0.05) is 29.0 Å². The van der Waals surface area contributed by atoms with Crippen LogP contribution in [0, 0.1) is 19.7 Å². The minimum absolute atomic E-state index is 0.0428. The van der Waals surface area contributed by atoms with Crippen LogP contribution in [0.4, 0.5) is 4.39 Å². The SMILES string of the molecule is CCOC(=O)C1=C(C)N=c2s/c(=C/c3cc(C)n(-c4ccc(F)c(Cl)c4)c3C)c(=O)n2[C@H]1c1cccs1. The molecule has 0 amide bonds. The van der Waals surface area contributed by atoms with Crippen LogP contribution in [0.15, 0.2) is 62.8 Å². The maximum absolute atomic E-state index is 13.8. The lowest BCUT2D eigenvalue weighted by atomic mass is 10.0. The van der Waals surface area contributed by atoms with Gasteiger partial charge in [0.05, 0.1) is 27.4 Å². The van der Waals surface area contributed by atoms with Crippen LogP contribution in [0.3, 0.4) is 0 Å². The number of nitrogens with zero attached hydrogens (tertiary/aromatic N) is 3. The highest BCUT2D eigenvalue weighted by Gasteiger charge is 2.33. The predicted molar refractivity (Wildman–Crippen MR) is 145 cm³/mol. The van der Waals surface area contributed by atoms with Gasteiger partial charge >= 0.3 is 5.97 Å². The van der Waals surface area contributed by atoms with Crippen LogP contribution in [0.1, 0.15) is 41.7 Å². The van der Waals surface area contributed by atoms with E-state index in [0.717, 1.165) is 27.5 Å². The number of fused-ring (bicyclic) bond motifs is 1. The minimum Gasteiger partial charge on any atom is -0.463 e. The second-order valence-electron chi connectivity index (χ2n) is 8.58. The molecule has 10 heteroatoms. The Bertz CT molecular complexity index is 1750. The molecule has 3 aromatic heterocycles. The maximum atomic E-state index is 13.8. The van der Waals surface area contributed by atoms with Gasteiger partial charge in [-0.05, 0) is 75.0 Å². The quantitative estimate of drug-likeness (QED) is 0.323. The van der Waals surface area contributed by atoms with E-state index in [1.54, 1.807) is 30.5 Å². The fourth-order valence-electron chi connectivity index (χ4n) is 4.60. The van der Waals surface area contributed by atoms with Gasteiger partial charge in [0, 0.05) is 22.0 Å². The van der Waals surface area contributed by atoms with E-state index in [1.807, 2.05) is 48.1 Å². The van der Waals surface area contributed by atoms with Crippen molar-refractivity contribution in [3.63, 3.8) is 0 Å². The van der Waals surface area contributed by atoms with Crippen molar-refractivity contribution in [2.24, 2.45) is 4.99 Å². The molecular weight excluding hydrogens is 533 g/mol. The number of carbonyl (C=O) groups is 1. The molecule has 4 heterocycles. The van der Waals surface area contributed by atoms with Crippen molar-refractivity contribution in [3.8, 4) is 5.69 Å². The number of thiophene rings is 1. The third-order valence-electron chi connectivity index (χ3n) is 6.25. The lowest BCUT2D eigenvalue weighted by molar-refractivity contribution is -0.139. The topological polar surface area (TPSA) is 65.6 Å². The molecule has 1 aliphatic rings. The van der Waals surface area contributed by atoms with Crippen molar-refractivity contribution < 1.29 is 13.9 Å². The first-order valence-electron chi connectivity index (χ1n) is 11.6. The van der Waals surface area contributed by atoms with E-state index in [0.29, 0.717) is 20.6 Å². The number of carbonyl (C=O) groups excluding carboxylic acids is 1. The van der Waals surface area contributed by atoms with Crippen molar-refractivity contribution >= 4 is 46.3 Å². The number of halogens is 2. The first-order chi connectivity index (χ1) is 17.7. The number of benzene rings is 1. The second-order valence-corrected chi connectivity index (χ2v) is 11.0. The molecule has 0 fully saturated rings. The number of hydrogen-bond acceptors (Lipinski definition) is 6. The van der Waals surface area contributed by atoms with E-state index in [9.17, 15) is 14.0 Å². The Morgan fingerprint density at radius 1 is 1.24 bits per heavy atom. The molecule has 6 nitrogen and oxygen atoms in total. The zero-order valence-electron chi connectivity index (χ0n) is 20.5. The highest BCUT2D eigenvalue weighted by atomic mass is 35.5. The van der Waals surface area contributed by atoms with Gasteiger partial charge in [0.1, 0.15) is 11.9 Å². The van der Waals surface area contributed by atoms with E-state index in [2.05, 4.69) is 4.99 Å². The molecule has 0 N–H and O–H groups in total. The van der Waals surface area contributed by atoms with Gasteiger partial charge in [0.25, 0.3) is 5.56 Å². The van der Waals surface area contributed by atoms with Gasteiger partial charge in [-0.25, -0.2) is 14.2 Å². The van der Waals surface area contributed by atoms with Crippen LogP contribution < -0.4 is 14.9 Å². The highest BCUT2D eigenvalue weighted by Crippen LogP contribution is 2.33. The summed E-state index contributed by atoms with van der Waals surface area (Å²) in [7, 11) is 0. The fourth-order valence-corrected chi connectivity index (χ4v) is 6.64. The summed E-state index contributed by atoms with van der Waals surface area (Å²) in [6.07, 6.45) is 1.84. The third kappa shape index (κ3) is 4.41. The van der Waals surface area contributed by atoms with E-state index in [4.69, 9.17) is 16.3 Å². The number of aryl methyl sites for hydroxylation is 1.